The van der Waals surface area contributed by atoms with E-state index >= 15 is 0 Å². The Hall–Kier alpha value is -1.39. The molecule has 0 aliphatic carbocycles. The van der Waals surface area contributed by atoms with Crippen LogP contribution in [0.25, 0.3) is 0 Å². The van der Waals surface area contributed by atoms with Crippen LogP contribution in [0.1, 0.15) is 18.1 Å². The summed E-state index contributed by atoms with van der Waals surface area (Å²) < 4.78 is 51.1. The highest BCUT2D eigenvalue weighted by Gasteiger charge is 2.24. The third kappa shape index (κ3) is 3.31. The van der Waals surface area contributed by atoms with Gasteiger partial charge in [-0.2, -0.15) is 14.0 Å². The number of alkyl halides is 2. The molecule has 0 atom stereocenters. The molecule has 1 aromatic carbocycles. The van der Waals surface area contributed by atoms with Crippen LogP contribution in [0.2, 0.25) is 0 Å². The number of nitriles is 1. The van der Waals surface area contributed by atoms with Crippen molar-refractivity contribution in [1.82, 2.24) is 0 Å². The first-order valence-corrected chi connectivity index (χ1v) is 7.07. The molecule has 0 aromatic heterocycles. The van der Waals surface area contributed by atoms with E-state index in [1.165, 1.54) is 6.07 Å². The number of halogens is 3. The highest BCUT2D eigenvalue weighted by atomic mass is 35.7. The molecular weight excluding hydrogens is 288 g/mol. The second-order valence-electron chi connectivity index (χ2n) is 3.25. The van der Waals surface area contributed by atoms with Crippen LogP contribution in [0.4, 0.5) is 8.78 Å². The largest absolute Gasteiger partial charge is 0.432 e. The molecule has 4 nitrogen and oxygen atoms in total. The smallest absolute Gasteiger partial charge is 0.387 e. The third-order valence-electron chi connectivity index (χ3n) is 2.11. The molecule has 0 heterocycles. The molecule has 0 aliphatic heterocycles. The van der Waals surface area contributed by atoms with E-state index in [1.54, 1.807) is 13.0 Å². The number of benzene rings is 1. The summed E-state index contributed by atoms with van der Waals surface area (Å²) in [6, 6.07) is 4.00. The molecule has 0 aliphatic rings. The Morgan fingerprint density at radius 3 is 2.50 bits per heavy atom. The van der Waals surface area contributed by atoms with Gasteiger partial charge in [0.15, 0.2) is 5.75 Å². The van der Waals surface area contributed by atoms with Crippen LogP contribution >= 0.6 is 10.7 Å². The predicted molar refractivity (Wildman–Crippen MR) is 60.2 cm³/mol. The molecule has 98 valence electrons. The summed E-state index contributed by atoms with van der Waals surface area (Å²) in [5.74, 6) is -0.722. The molecule has 1 aromatic rings. The van der Waals surface area contributed by atoms with E-state index in [9.17, 15) is 17.2 Å². The van der Waals surface area contributed by atoms with Gasteiger partial charge in [-0.05, 0) is 24.1 Å². The fourth-order valence-corrected chi connectivity index (χ4v) is 2.35. The first-order chi connectivity index (χ1) is 8.29. The van der Waals surface area contributed by atoms with Crippen molar-refractivity contribution in [2.75, 3.05) is 0 Å². The SMILES string of the molecule is CCc1cc(C#N)c(OC(F)F)c(S(=O)(=O)Cl)c1. The van der Waals surface area contributed by atoms with E-state index < -0.39 is 26.3 Å². The Bertz CT molecular complexity index is 596. The van der Waals surface area contributed by atoms with Gasteiger partial charge in [-0.25, -0.2) is 8.42 Å². The molecule has 0 spiro atoms. The summed E-state index contributed by atoms with van der Waals surface area (Å²) in [5, 5.41) is 8.83. The van der Waals surface area contributed by atoms with E-state index in [0.717, 1.165) is 6.07 Å². The quantitative estimate of drug-likeness (QED) is 0.801. The minimum Gasteiger partial charge on any atom is -0.432 e. The molecule has 0 radical (unpaired) electrons. The lowest BCUT2D eigenvalue weighted by Crippen LogP contribution is -2.08. The summed E-state index contributed by atoms with van der Waals surface area (Å²) in [5.41, 5.74) is 0.182. The van der Waals surface area contributed by atoms with Crippen LogP contribution < -0.4 is 4.74 Å². The maximum Gasteiger partial charge on any atom is 0.387 e. The molecule has 18 heavy (non-hydrogen) atoms. The number of hydrogen-bond donors (Lipinski definition) is 0. The maximum atomic E-state index is 12.2. The van der Waals surface area contributed by atoms with Gasteiger partial charge in [-0.1, -0.05) is 6.92 Å². The van der Waals surface area contributed by atoms with E-state index in [0.29, 0.717) is 12.0 Å². The lowest BCUT2D eigenvalue weighted by atomic mass is 10.1. The molecule has 0 amide bonds. The second kappa shape index (κ2) is 5.50. The molecule has 0 saturated heterocycles. The van der Waals surface area contributed by atoms with Crippen molar-refractivity contribution in [1.29, 1.82) is 5.26 Å². The monoisotopic (exact) mass is 295 g/mol. The first kappa shape index (κ1) is 14.7. The summed E-state index contributed by atoms with van der Waals surface area (Å²) in [6.07, 6.45) is 0.420. The van der Waals surface area contributed by atoms with Crippen molar-refractivity contribution in [3.05, 3.63) is 23.3 Å². The van der Waals surface area contributed by atoms with Gasteiger partial charge in [0.05, 0.1) is 5.56 Å². The van der Waals surface area contributed by atoms with Gasteiger partial charge in [0.2, 0.25) is 0 Å². The average molecular weight is 296 g/mol. The Kier molecular flexibility index (Phi) is 4.48. The van der Waals surface area contributed by atoms with Crippen molar-refractivity contribution >= 4 is 19.7 Å². The fraction of sp³-hybridized carbons (Fsp3) is 0.300. The van der Waals surface area contributed by atoms with Crippen LogP contribution in [0.3, 0.4) is 0 Å². The molecule has 8 heteroatoms. The Morgan fingerprint density at radius 2 is 2.11 bits per heavy atom. The highest BCUT2D eigenvalue weighted by Crippen LogP contribution is 2.33. The number of nitrogens with zero attached hydrogens (tertiary/aromatic N) is 1. The number of aryl methyl sites for hydroxylation is 1. The Balaban J connectivity index is 3.59. The van der Waals surface area contributed by atoms with Gasteiger partial charge in [-0.15, -0.1) is 0 Å². The molecule has 0 bridgehead atoms. The van der Waals surface area contributed by atoms with Gasteiger partial charge in [0, 0.05) is 10.7 Å². The summed E-state index contributed by atoms with van der Waals surface area (Å²) in [6.45, 7) is -1.53. The zero-order valence-electron chi connectivity index (χ0n) is 9.15. The zero-order valence-corrected chi connectivity index (χ0v) is 10.7. The number of hydrogen-bond acceptors (Lipinski definition) is 4. The van der Waals surface area contributed by atoms with Crippen LogP contribution in [-0.2, 0) is 15.5 Å². The maximum absolute atomic E-state index is 12.2. The van der Waals surface area contributed by atoms with Crippen LogP contribution in [-0.4, -0.2) is 15.0 Å². The molecule has 0 unspecified atom stereocenters. The molecular formula is C10H8ClF2NO3S. The summed E-state index contributed by atoms with van der Waals surface area (Å²) in [4.78, 5) is -0.625. The van der Waals surface area contributed by atoms with Crippen molar-refractivity contribution < 1.29 is 21.9 Å². The molecule has 1 rings (SSSR count). The fourth-order valence-electron chi connectivity index (χ4n) is 1.34. The molecule has 0 saturated carbocycles. The number of rotatable bonds is 4. The van der Waals surface area contributed by atoms with E-state index in [2.05, 4.69) is 4.74 Å². The second-order valence-corrected chi connectivity index (χ2v) is 5.79. The number of ether oxygens (including phenoxy) is 1. The van der Waals surface area contributed by atoms with E-state index in [-0.39, 0.29) is 5.56 Å². The summed E-state index contributed by atoms with van der Waals surface area (Å²) >= 11 is 0. The summed E-state index contributed by atoms with van der Waals surface area (Å²) in [7, 11) is 0.861. The van der Waals surface area contributed by atoms with Crippen molar-refractivity contribution in [2.24, 2.45) is 0 Å². The van der Waals surface area contributed by atoms with E-state index in [4.69, 9.17) is 15.9 Å². The van der Waals surface area contributed by atoms with Gasteiger partial charge >= 0.3 is 6.61 Å². The topological polar surface area (TPSA) is 67.2 Å². The van der Waals surface area contributed by atoms with Crippen LogP contribution in [0.15, 0.2) is 17.0 Å². The Morgan fingerprint density at radius 1 is 1.50 bits per heavy atom. The minimum absolute atomic E-state index is 0.297. The van der Waals surface area contributed by atoms with Crippen LogP contribution in [0, 0.1) is 11.3 Å². The van der Waals surface area contributed by atoms with Gasteiger partial charge in [0.25, 0.3) is 9.05 Å². The predicted octanol–water partition coefficient (Wildman–Crippen LogP) is 2.65. The highest BCUT2D eigenvalue weighted by molar-refractivity contribution is 8.13. The van der Waals surface area contributed by atoms with Gasteiger partial charge in [-0.3, -0.25) is 0 Å². The first-order valence-electron chi connectivity index (χ1n) is 4.76. The standard InChI is InChI=1S/C10H8ClF2NO3S/c1-2-6-3-7(5-14)9(17-10(12)13)8(4-6)18(11,15)16/h3-4,10H,2H2,1H3. The van der Waals surface area contributed by atoms with Crippen molar-refractivity contribution in [3.8, 4) is 11.8 Å². The van der Waals surface area contributed by atoms with Crippen LogP contribution in [0.5, 0.6) is 5.75 Å². The normalized spacial score (nSPS) is 11.3. The third-order valence-corrected chi connectivity index (χ3v) is 3.44. The minimum atomic E-state index is -4.28. The van der Waals surface area contributed by atoms with Crippen molar-refractivity contribution in [3.63, 3.8) is 0 Å². The zero-order chi connectivity index (χ0) is 13.9. The molecule has 0 N–H and O–H groups in total. The lowest BCUT2D eigenvalue weighted by Gasteiger charge is -2.11. The van der Waals surface area contributed by atoms with Gasteiger partial charge < -0.3 is 4.74 Å². The lowest BCUT2D eigenvalue weighted by molar-refractivity contribution is -0.0519. The Labute approximate surface area is 107 Å². The van der Waals surface area contributed by atoms with Gasteiger partial charge in [0.1, 0.15) is 11.0 Å². The van der Waals surface area contributed by atoms with Crippen molar-refractivity contribution in [2.45, 2.75) is 24.9 Å². The van der Waals surface area contributed by atoms with E-state index in [1.807, 2.05) is 0 Å². The average Bonchev–Trinajstić information content (AvgIpc) is 2.26. The molecule has 0 fully saturated rings.